The summed E-state index contributed by atoms with van der Waals surface area (Å²) in [5.74, 6) is -0.682. The van der Waals surface area contributed by atoms with Crippen molar-refractivity contribution in [2.45, 2.75) is 20.5 Å². The lowest BCUT2D eigenvalue weighted by Crippen LogP contribution is -2.54. The summed E-state index contributed by atoms with van der Waals surface area (Å²) in [6.45, 7) is 4.09. The van der Waals surface area contributed by atoms with Crippen LogP contribution in [0.2, 0.25) is 5.02 Å². The van der Waals surface area contributed by atoms with Gasteiger partial charge in [-0.15, -0.1) is 0 Å². The fourth-order valence-corrected chi connectivity index (χ4v) is 5.35. The van der Waals surface area contributed by atoms with Gasteiger partial charge < -0.3 is 9.47 Å². The Balaban J connectivity index is 1.47. The van der Waals surface area contributed by atoms with Gasteiger partial charge in [-0.05, 0) is 87.6 Å². The molecule has 1 aliphatic rings. The molecule has 9 heteroatoms. The summed E-state index contributed by atoms with van der Waals surface area (Å²) in [5, 5.41) is 4.82. The molecule has 40 heavy (non-hydrogen) atoms. The van der Waals surface area contributed by atoms with Crippen LogP contribution in [-0.2, 0) is 16.2 Å². The minimum Gasteiger partial charge on any atom is -0.493 e. The largest absolute Gasteiger partial charge is 0.493 e. The van der Waals surface area contributed by atoms with Crippen LogP contribution in [0.15, 0.2) is 76.8 Å². The number of carbonyl (C=O) groups is 3. The van der Waals surface area contributed by atoms with Crippen LogP contribution in [0.4, 0.5) is 10.5 Å². The van der Waals surface area contributed by atoms with Crippen molar-refractivity contribution in [2.24, 2.45) is 0 Å². The van der Waals surface area contributed by atoms with Gasteiger partial charge in [0.15, 0.2) is 11.5 Å². The third kappa shape index (κ3) is 5.20. The van der Waals surface area contributed by atoms with Gasteiger partial charge >= 0.3 is 6.03 Å². The third-order valence-electron chi connectivity index (χ3n) is 6.71. The number of carbonyl (C=O) groups excluding carboxylic acids is 3. The Morgan fingerprint density at radius 3 is 2.50 bits per heavy atom. The topological polar surface area (TPSA) is 84.9 Å². The van der Waals surface area contributed by atoms with Crippen LogP contribution in [0.25, 0.3) is 16.8 Å². The number of fused-ring (bicyclic) bond motifs is 1. The Hall–Kier alpha value is -4.14. The molecule has 1 aliphatic heterocycles. The Morgan fingerprint density at radius 2 is 1.73 bits per heavy atom. The van der Waals surface area contributed by atoms with Crippen LogP contribution >= 0.6 is 27.5 Å². The maximum Gasteiger partial charge on any atom is 0.335 e. The van der Waals surface area contributed by atoms with Gasteiger partial charge in [-0.2, -0.15) is 0 Å². The van der Waals surface area contributed by atoms with Gasteiger partial charge in [0, 0.05) is 10.6 Å². The van der Waals surface area contributed by atoms with Crippen LogP contribution in [0.5, 0.6) is 11.5 Å². The molecule has 4 aromatic rings. The lowest BCUT2D eigenvalue weighted by molar-refractivity contribution is -0.122. The van der Waals surface area contributed by atoms with Gasteiger partial charge in [0.1, 0.15) is 12.2 Å². The molecule has 1 heterocycles. The number of anilines is 1. The number of hydrogen-bond acceptors (Lipinski definition) is 5. The molecule has 5 rings (SSSR count). The van der Waals surface area contributed by atoms with Crippen LogP contribution in [0.1, 0.15) is 22.3 Å². The van der Waals surface area contributed by atoms with E-state index in [-0.39, 0.29) is 5.57 Å². The maximum atomic E-state index is 13.4. The molecule has 0 bridgehead atoms. The van der Waals surface area contributed by atoms with Crippen LogP contribution in [-0.4, -0.2) is 25.0 Å². The van der Waals surface area contributed by atoms with Crippen molar-refractivity contribution >= 4 is 67.9 Å². The molecule has 202 valence electrons. The first-order valence-corrected chi connectivity index (χ1v) is 13.5. The van der Waals surface area contributed by atoms with E-state index >= 15 is 0 Å². The number of urea groups is 1. The van der Waals surface area contributed by atoms with E-state index in [1.807, 2.05) is 19.1 Å². The standard InChI is InChI=1S/C31H24BrClN2O5/c1-17-8-10-20-6-4-5-7-22(20)24(17)16-40-28-25(32)13-19(14-27(28)39-3)12-23-29(36)34-31(38)35(30(23)37)26-15-21(33)11-9-18(26)2/h4-15H,16H2,1-3H3,(H,34,36,38)/b23-12+. The molecular weight excluding hydrogens is 596 g/mol. The number of barbiturate groups is 1. The van der Waals surface area contributed by atoms with E-state index in [1.165, 1.54) is 19.3 Å². The molecule has 1 saturated heterocycles. The average molecular weight is 620 g/mol. The number of methoxy groups -OCH3 is 1. The molecule has 1 N–H and O–H groups in total. The number of hydrogen-bond donors (Lipinski definition) is 1. The highest BCUT2D eigenvalue weighted by molar-refractivity contribution is 9.10. The van der Waals surface area contributed by atoms with E-state index in [0.717, 1.165) is 26.8 Å². The van der Waals surface area contributed by atoms with E-state index in [2.05, 4.69) is 45.5 Å². The molecular formula is C31H24BrClN2O5. The van der Waals surface area contributed by atoms with E-state index in [4.69, 9.17) is 21.1 Å². The van der Waals surface area contributed by atoms with Crippen molar-refractivity contribution in [2.75, 3.05) is 12.0 Å². The van der Waals surface area contributed by atoms with Gasteiger partial charge in [0.05, 0.1) is 17.3 Å². The fraction of sp³-hybridized carbons (Fsp3) is 0.129. The molecule has 0 saturated carbocycles. The van der Waals surface area contributed by atoms with E-state index < -0.39 is 17.8 Å². The number of amides is 4. The maximum absolute atomic E-state index is 13.4. The summed E-state index contributed by atoms with van der Waals surface area (Å²) in [4.78, 5) is 39.6. The molecule has 0 unspecified atom stereocenters. The van der Waals surface area contributed by atoms with Crippen molar-refractivity contribution in [3.63, 3.8) is 0 Å². The number of ether oxygens (including phenoxy) is 2. The molecule has 0 spiro atoms. The highest BCUT2D eigenvalue weighted by atomic mass is 79.9. The molecule has 4 aromatic carbocycles. The number of imide groups is 2. The number of nitrogens with zero attached hydrogens (tertiary/aromatic N) is 1. The van der Waals surface area contributed by atoms with Gasteiger partial charge in [0.25, 0.3) is 11.8 Å². The Kier molecular flexibility index (Phi) is 7.65. The molecule has 0 aromatic heterocycles. The monoisotopic (exact) mass is 618 g/mol. The first-order chi connectivity index (χ1) is 19.2. The quantitative estimate of drug-likeness (QED) is 0.183. The van der Waals surface area contributed by atoms with Crippen molar-refractivity contribution in [1.82, 2.24) is 5.32 Å². The molecule has 7 nitrogen and oxygen atoms in total. The minimum absolute atomic E-state index is 0.215. The Bertz CT molecular complexity index is 1730. The Morgan fingerprint density at radius 1 is 0.975 bits per heavy atom. The van der Waals surface area contributed by atoms with E-state index in [0.29, 0.717) is 44.4 Å². The van der Waals surface area contributed by atoms with Crippen LogP contribution < -0.4 is 19.7 Å². The first kappa shape index (κ1) is 27.4. The summed E-state index contributed by atoms with van der Waals surface area (Å²) in [5.41, 5.74) is 3.38. The van der Waals surface area contributed by atoms with Crippen molar-refractivity contribution in [3.8, 4) is 11.5 Å². The number of halogens is 2. The summed E-state index contributed by atoms with van der Waals surface area (Å²) in [6.07, 6.45) is 1.41. The molecule has 0 atom stereocenters. The summed E-state index contributed by atoms with van der Waals surface area (Å²) in [7, 11) is 1.51. The van der Waals surface area contributed by atoms with Gasteiger partial charge in [-0.1, -0.05) is 54.1 Å². The highest BCUT2D eigenvalue weighted by Crippen LogP contribution is 2.39. The number of aryl methyl sites for hydroxylation is 2. The second-order valence-corrected chi connectivity index (χ2v) is 10.6. The zero-order valence-corrected chi connectivity index (χ0v) is 24.2. The summed E-state index contributed by atoms with van der Waals surface area (Å²) in [6, 6.07) is 19.6. The van der Waals surface area contributed by atoms with Crippen molar-refractivity contribution < 1.29 is 23.9 Å². The predicted octanol–water partition coefficient (Wildman–Crippen LogP) is 7.13. The lowest BCUT2D eigenvalue weighted by atomic mass is 10.0. The SMILES string of the molecule is COc1cc(/C=C2\C(=O)NC(=O)N(c3cc(Cl)ccc3C)C2=O)cc(Br)c1OCc1c(C)ccc2ccccc12. The van der Waals surface area contributed by atoms with Crippen LogP contribution in [0.3, 0.4) is 0 Å². The van der Waals surface area contributed by atoms with E-state index in [1.54, 1.807) is 31.2 Å². The van der Waals surface area contributed by atoms with Crippen molar-refractivity contribution in [1.29, 1.82) is 0 Å². The number of nitrogens with one attached hydrogen (secondary N) is 1. The second-order valence-electron chi connectivity index (χ2n) is 9.29. The second kappa shape index (κ2) is 11.2. The summed E-state index contributed by atoms with van der Waals surface area (Å²) >= 11 is 9.66. The fourth-order valence-electron chi connectivity index (χ4n) is 4.61. The molecule has 1 fully saturated rings. The Labute approximate surface area is 244 Å². The number of rotatable bonds is 6. The smallest absolute Gasteiger partial charge is 0.335 e. The molecule has 0 radical (unpaired) electrons. The minimum atomic E-state index is -0.844. The zero-order valence-electron chi connectivity index (χ0n) is 21.9. The average Bonchev–Trinajstić information content (AvgIpc) is 2.92. The third-order valence-corrected chi connectivity index (χ3v) is 7.54. The first-order valence-electron chi connectivity index (χ1n) is 12.3. The normalized spacial score (nSPS) is 14.6. The highest BCUT2D eigenvalue weighted by Gasteiger charge is 2.37. The zero-order chi connectivity index (χ0) is 28.6. The molecule has 0 aliphatic carbocycles. The van der Waals surface area contributed by atoms with Gasteiger partial charge in [0.2, 0.25) is 0 Å². The summed E-state index contributed by atoms with van der Waals surface area (Å²) < 4.78 is 12.4. The van der Waals surface area contributed by atoms with Gasteiger partial charge in [-0.3, -0.25) is 14.9 Å². The molecule has 4 amide bonds. The lowest BCUT2D eigenvalue weighted by Gasteiger charge is -2.27. The van der Waals surface area contributed by atoms with E-state index in [9.17, 15) is 14.4 Å². The van der Waals surface area contributed by atoms with Gasteiger partial charge in [-0.25, -0.2) is 9.69 Å². The van der Waals surface area contributed by atoms with Crippen molar-refractivity contribution in [3.05, 3.63) is 104 Å². The predicted molar refractivity (Wildman–Crippen MR) is 159 cm³/mol. The number of benzene rings is 4. The van der Waals surface area contributed by atoms with Crippen LogP contribution in [0, 0.1) is 13.8 Å².